The molecule has 0 spiro atoms. The van der Waals surface area contributed by atoms with Crippen LogP contribution in [0.15, 0.2) is 52.3 Å². The fraction of sp³-hybridized carbons (Fsp3) is 0.480. The third-order valence-corrected chi connectivity index (χ3v) is 9.25. The third-order valence-electron chi connectivity index (χ3n) is 6.45. The Hall–Kier alpha value is -1.91. The van der Waals surface area contributed by atoms with E-state index < -0.39 is 29.3 Å². The molecular weight excluding hydrogens is 474 g/mol. The fourth-order valence-electron chi connectivity index (χ4n) is 4.42. The van der Waals surface area contributed by atoms with Gasteiger partial charge < -0.3 is 19.8 Å². The van der Waals surface area contributed by atoms with Crippen molar-refractivity contribution in [3.05, 3.63) is 42.5 Å². The van der Waals surface area contributed by atoms with Gasteiger partial charge in [-0.2, -0.15) is 10.6 Å². The summed E-state index contributed by atoms with van der Waals surface area (Å²) >= 11 is 1.42. The second-order valence-electron chi connectivity index (χ2n) is 8.83. The van der Waals surface area contributed by atoms with Gasteiger partial charge in [-0.3, -0.25) is 9.11 Å². The van der Waals surface area contributed by atoms with E-state index in [2.05, 4.69) is 18.7 Å². The van der Waals surface area contributed by atoms with Crippen molar-refractivity contribution in [1.82, 2.24) is 0 Å². The number of aliphatic carboxylic acids is 1. The fourth-order valence-corrected chi connectivity index (χ4v) is 7.22. The summed E-state index contributed by atoms with van der Waals surface area (Å²) in [7, 11) is -3.18. The van der Waals surface area contributed by atoms with Crippen molar-refractivity contribution in [3.8, 4) is 5.75 Å². The van der Waals surface area contributed by atoms with Crippen LogP contribution in [0.4, 0.5) is 11.4 Å². The average Bonchev–Trinajstić information content (AvgIpc) is 2.93. The summed E-state index contributed by atoms with van der Waals surface area (Å²) in [4.78, 5) is 14.3. The number of anilines is 2. The molecule has 9 heteroatoms. The van der Waals surface area contributed by atoms with Crippen molar-refractivity contribution in [2.24, 2.45) is 5.41 Å². The number of benzene rings is 2. The Morgan fingerprint density at radius 1 is 1.24 bits per heavy atom. The van der Waals surface area contributed by atoms with Gasteiger partial charge >= 0.3 is 5.97 Å². The van der Waals surface area contributed by atoms with Gasteiger partial charge in [-0.05, 0) is 37.3 Å². The van der Waals surface area contributed by atoms with Crippen molar-refractivity contribution < 1.29 is 28.8 Å². The highest BCUT2D eigenvalue weighted by atomic mass is 32.3. The molecule has 0 fully saturated rings. The molecule has 2 atom stereocenters. The van der Waals surface area contributed by atoms with Gasteiger partial charge in [-0.25, -0.2) is 4.79 Å². The van der Waals surface area contributed by atoms with Crippen LogP contribution in [0, 0.1) is 5.41 Å². The number of carboxylic acid groups (broad SMARTS) is 1. The van der Waals surface area contributed by atoms with Gasteiger partial charge in [-0.15, -0.1) is 11.8 Å². The van der Waals surface area contributed by atoms with E-state index in [0.717, 1.165) is 36.3 Å². The molecule has 0 amide bonds. The first-order valence-electron chi connectivity index (χ1n) is 11.5. The number of carbonyl (C=O) groups is 1. The zero-order chi connectivity index (χ0) is 24.9. The normalized spacial score (nSPS) is 21.3. The van der Waals surface area contributed by atoms with E-state index in [4.69, 9.17) is 9.84 Å². The average molecular weight is 510 g/mol. The number of aliphatic hydroxyl groups excluding tert-OH is 1. The minimum atomic E-state index is -3.18. The largest absolute Gasteiger partial charge is 0.489 e. The van der Waals surface area contributed by atoms with Crippen molar-refractivity contribution in [3.63, 3.8) is 0 Å². The summed E-state index contributed by atoms with van der Waals surface area (Å²) in [5.41, 5.74) is 1.40. The van der Waals surface area contributed by atoms with Gasteiger partial charge in [0.15, 0.2) is 6.10 Å². The summed E-state index contributed by atoms with van der Waals surface area (Å²) in [6.07, 6.45) is 3.93. The summed E-state index contributed by atoms with van der Waals surface area (Å²) in [6, 6.07) is 13.4. The highest BCUT2D eigenvalue weighted by Gasteiger charge is 2.42. The highest BCUT2D eigenvalue weighted by Crippen LogP contribution is 2.62. The van der Waals surface area contributed by atoms with Gasteiger partial charge in [0.1, 0.15) is 12.4 Å². The molecule has 0 saturated heterocycles. The number of unbranched alkanes of at least 4 members (excludes halogenated alkanes) is 1. The van der Waals surface area contributed by atoms with Gasteiger partial charge in [0.05, 0.1) is 15.5 Å². The number of carboxylic acids is 1. The van der Waals surface area contributed by atoms with Crippen LogP contribution in [-0.2, 0) is 4.79 Å². The van der Waals surface area contributed by atoms with E-state index in [1.165, 1.54) is 11.8 Å². The van der Waals surface area contributed by atoms with Gasteiger partial charge in [0, 0.05) is 29.5 Å². The van der Waals surface area contributed by atoms with Crippen LogP contribution < -0.4 is 9.64 Å². The molecule has 2 unspecified atom stereocenters. The minimum Gasteiger partial charge on any atom is -0.489 e. The Kier molecular flexibility index (Phi) is 8.81. The molecule has 7 nitrogen and oxygen atoms in total. The van der Waals surface area contributed by atoms with E-state index in [9.17, 15) is 19.0 Å². The number of thioether (sulfide) groups is 1. The Balaban J connectivity index is 2.16. The van der Waals surface area contributed by atoms with E-state index in [1.807, 2.05) is 42.7 Å². The molecule has 1 aliphatic heterocycles. The first-order valence-corrected chi connectivity index (χ1v) is 14.4. The minimum absolute atomic E-state index is 0.253. The summed E-state index contributed by atoms with van der Waals surface area (Å²) in [5.74, 6) is -0.788. The number of nitrogens with zero attached hydrogens (tertiary/aromatic N) is 1. The summed E-state index contributed by atoms with van der Waals surface area (Å²) < 4.78 is 28.7. The van der Waals surface area contributed by atoms with Crippen molar-refractivity contribution >= 4 is 39.7 Å². The van der Waals surface area contributed by atoms with Crippen LogP contribution in [-0.4, -0.2) is 56.6 Å². The summed E-state index contributed by atoms with van der Waals surface area (Å²) in [6.45, 7) is 4.47. The SMILES string of the molecule is CCCCC1(CC)CN(c2ccccc2)c2cc(SC)c(OCC(O)C(=O)O)cc2S(O)(O)C1. The van der Waals surface area contributed by atoms with Crippen LogP contribution in [0.2, 0.25) is 0 Å². The van der Waals surface area contributed by atoms with E-state index >= 15 is 0 Å². The second-order valence-corrected chi connectivity index (χ2v) is 11.7. The summed E-state index contributed by atoms with van der Waals surface area (Å²) in [5, 5.41) is 18.7. The van der Waals surface area contributed by atoms with Gasteiger partial charge in [0.2, 0.25) is 0 Å². The molecule has 0 aromatic heterocycles. The molecule has 0 bridgehead atoms. The Labute approximate surface area is 207 Å². The molecule has 1 aliphatic rings. The van der Waals surface area contributed by atoms with Crippen molar-refractivity contribution in [1.29, 1.82) is 0 Å². The highest BCUT2D eigenvalue weighted by molar-refractivity contribution is 8.24. The predicted octanol–water partition coefficient (Wildman–Crippen LogP) is 6.08. The monoisotopic (exact) mass is 509 g/mol. The van der Waals surface area contributed by atoms with Gasteiger partial charge in [0.25, 0.3) is 0 Å². The number of ether oxygens (including phenoxy) is 1. The molecule has 0 saturated carbocycles. The molecule has 188 valence electrons. The number of para-hydroxylation sites is 1. The van der Waals surface area contributed by atoms with Crippen LogP contribution >= 0.6 is 22.4 Å². The van der Waals surface area contributed by atoms with E-state index in [1.54, 1.807) is 6.07 Å². The number of hydrogen-bond donors (Lipinski definition) is 4. The third kappa shape index (κ3) is 5.83. The molecule has 2 aromatic carbocycles. The second kappa shape index (κ2) is 11.2. The van der Waals surface area contributed by atoms with E-state index in [0.29, 0.717) is 22.9 Å². The van der Waals surface area contributed by atoms with Crippen LogP contribution in [0.1, 0.15) is 39.5 Å². The molecular formula is C25H35NO6S2. The van der Waals surface area contributed by atoms with Crippen molar-refractivity contribution in [2.75, 3.05) is 30.1 Å². The first-order chi connectivity index (χ1) is 16.2. The topological polar surface area (TPSA) is 110 Å². The predicted molar refractivity (Wildman–Crippen MR) is 139 cm³/mol. The van der Waals surface area contributed by atoms with Crippen LogP contribution in [0.5, 0.6) is 5.75 Å². The Morgan fingerprint density at radius 3 is 2.53 bits per heavy atom. The standard InChI is InChI=1S/C25H35NO6S2/c1-4-6-12-25(5-2)16-26(18-10-8-7-9-11-18)19-13-22(33-3)21(32-15-20(27)24(28)29)14-23(19)34(30,31)17-25/h7-11,13-14,20,27,30-31H,4-6,12,15-17H2,1-3H3,(H,28,29). The molecule has 3 rings (SSSR count). The lowest BCUT2D eigenvalue weighted by molar-refractivity contribution is -0.148. The van der Waals surface area contributed by atoms with Crippen LogP contribution in [0.3, 0.4) is 0 Å². The zero-order valence-corrected chi connectivity index (χ0v) is 21.6. The van der Waals surface area contributed by atoms with Gasteiger partial charge in [-0.1, -0.05) is 44.9 Å². The lowest BCUT2D eigenvalue weighted by Gasteiger charge is -2.41. The lowest BCUT2D eigenvalue weighted by Crippen LogP contribution is -2.37. The maximum atomic E-state index is 11.5. The van der Waals surface area contributed by atoms with E-state index in [-0.39, 0.29) is 11.2 Å². The van der Waals surface area contributed by atoms with Crippen LogP contribution in [0.25, 0.3) is 0 Å². The number of rotatable bonds is 10. The smallest absolute Gasteiger partial charge is 0.336 e. The molecule has 34 heavy (non-hydrogen) atoms. The lowest BCUT2D eigenvalue weighted by atomic mass is 9.81. The van der Waals surface area contributed by atoms with Crippen molar-refractivity contribution in [2.45, 2.75) is 55.4 Å². The quantitative estimate of drug-likeness (QED) is 0.285. The molecule has 0 aliphatic carbocycles. The molecule has 2 aromatic rings. The molecule has 1 heterocycles. The Morgan fingerprint density at radius 2 is 1.94 bits per heavy atom. The molecule has 4 N–H and O–H groups in total. The first kappa shape index (κ1) is 26.7. The maximum absolute atomic E-state index is 11.5. The molecule has 0 radical (unpaired) electrons. The zero-order valence-electron chi connectivity index (χ0n) is 19.9. The number of fused-ring (bicyclic) bond motifs is 1. The number of hydrogen-bond acceptors (Lipinski definition) is 7. The number of aliphatic hydroxyl groups is 1. The Bertz CT molecular complexity index is 987. The maximum Gasteiger partial charge on any atom is 0.336 e.